The van der Waals surface area contributed by atoms with Crippen LogP contribution in [0.1, 0.15) is 22.8 Å². The van der Waals surface area contributed by atoms with Crippen molar-refractivity contribution in [2.45, 2.75) is 18.7 Å². The predicted octanol–water partition coefficient (Wildman–Crippen LogP) is 4.01. The van der Waals surface area contributed by atoms with Gasteiger partial charge in [0.05, 0.1) is 29.9 Å². The first-order valence-corrected chi connectivity index (χ1v) is 12.0. The molecule has 0 aliphatic rings. The van der Waals surface area contributed by atoms with Gasteiger partial charge in [0, 0.05) is 5.69 Å². The zero-order valence-electron chi connectivity index (χ0n) is 19.1. The molecule has 9 heteroatoms. The zero-order chi connectivity index (χ0) is 24.7. The summed E-state index contributed by atoms with van der Waals surface area (Å²) in [5, 5.41) is 2.71. The van der Waals surface area contributed by atoms with Crippen LogP contribution in [0, 0.1) is 6.92 Å². The lowest BCUT2D eigenvalue weighted by Crippen LogP contribution is -2.38. The maximum atomic E-state index is 13.5. The van der Waals surface area contributed by atoms with E-state index in [2.05, 4.69) is 5.32 Å². The summed E-state index contributed by atoms with van der Waals surface area (Å²) in [4.78, 5) is 24.8. The Balaban J connectivity index is 1.90. The van der Waals surface area contributed by atoms with E-state index in [1.807, 2.05) is 6.92 Å². The lowest BCUT2D eigenvalue weighted by molar-refractivity contribution is -0.114. The van der Waals surface area contributed by atoms with Gasteiger partial charge in [0.25, 0.3) is 10.0 Å². The Labute approximate surface area is 199 Å². The molecule has 0 aliphatic heterocycles. The molecule has 3 rings (SSSR count). The monoisotopic (exact) mass is 482 g/mol. The number of sulfonamides is 1. The van der Waals surface area contributed by atoms with Crippen LogP contribution in [-0.2, 0) is 19.6 Å². The fourth-order valence-electron chi connectivity index (χ4n) is 3.23. The quantitative estimate of drug-likeness (QED) is 0.462. The number of aryl methyl sites for hydroxylation is 1. The van der Waals surface area contributed by atoms with E-state index in [0.29, 0.717) is 29.3 Å². The third kappa shape index (κ3) is 5.74. The van der Waals surface area contributed by atoms with E-state index in [9.17, 15) is 18.0 Å². The molecule has 3 aromatic carbocycles. The molecule has 0 unspecified atom stereocenters. The number of esters is 1. The van der Waals surface area contributed by atoms with Crippen molar-refractivity contribution in [1.29, 1.82) is 0 Å². The number of carbonyl (C=O) groups is 2. The highest BCUT2D eigenvalue weighted by molar-refractivity contribution is 7.92. The molecule has 0 radical (unpaired) electrons. The van der Waals surface area contributed by atoms with Crippen molar-refractivity contribution in [3.8, 4) is 5.75 Å². The van der Waals surface area contributed by atoms with Gasteiger partial charge in [-0.15, -0.1) is 0 Å². The van der Waals surface area contributed by atoms with Crippen molar-refractivity contribution in [2.24, 2.45) is 0 Å². The average molecular weight is 483 g/mol. The van der Waals surface area contributed by atoms with E-state index in [4.69, 9.17) is 9.47 Å². The van der Waals surface area contributed by atoms with Gasteiger partial charge < -0.3 is 14.8 Å². The molecular weight excluding hydrogens is 456 g/mol. The summed E-state index contributed by atoms with van der Waals surface area (Å²) >= 11 is 0. The first kappa shape index (κ1) is 24.8. The van der Waals surface area contributed by atoms with Crippen molar-refractivity contribution in [1.82, 2.24) is 0 Å². The number of nitrogens with zero attached hydrogens (tertiary/aromatic N) is 1. The largest absolute Gasteiger partial charge is 0.494 e. The molecule has 1 N–H and O–H groups in total. The Kier molecular flexibility index (Phi) is 7.91. The Morgan fingerprint density at radius 2 is 1.65 bits per heavy atom. The number of ether oxygens (including phenoxy) is 2. The van der Waals surface area contributed by atoms with Crippen LogP contribution in [0.15, 0.2) is 77.7 Å². The molecule has 0 fully saturated rings. The Morgan fingerprint density at radius 1 is 0.971 bits per heavy atom. The second kappa shape index (κ2) is 10.8. The van der Waals surface area contributed by atoms with Gasteiger partial charge >= 0.3 is 5.97 Å². The van der Waals surface area contributed by atoms with E-state index in [1.54, 1.807) is 61.5 Å². The number of amides is 1. The van der Waals surface area contributed by atoms with E-state index < -0.39 is 28.4 Å². The van der Waals surface area contributed by atoms with Crippen LogP contribution in [0.3, 0.4) is 0 Å². The third-order valence-corrected chi connectivity index (χ3v) is 6.77. The molecule has 0 atom stereocenters. The van der Waals surface area contributed by atoms with Crippen LogP contribution in [0.25, 0.3) is 0 Å². The summed E-state index contributed by atoms with van der Waals surface area (Å²) in [6.45, 7) is 3.59. The van der Waals surface area contributed by atoms with Crippen molar-refractivity contribution >= 4 is 33.3 Å². The van der Waals surface area contributed by atoms with Gasteiger partial charge in [0.2, 0.25) is 5.91 Å². The number of anilines is 2. The Morgan fingerprint density at radius 3 is 2.26 bits per heavy atom. The van der Waals surface area contributed by atoms with Crippen LogP contribution in [0.4, 0.5) is 11.4 Å². The fourth-order valence-corrected chi connectivity index (χ4v) is 4.65. The van der Waals surface area contributed by atoms with E-state index in [-0.39, 0.29) is 10.5 Å². The minimum absolute atomic E-state index is 0.0245. The summed E-state index contributed by atoms with van der Waals surface area (Å²) in [6.07, 6.45) is 0. The number of carbonyl (C=O) groups excluding carboxylic acids is 2. The molecule has 0 heterocycles. The smallest absolute Gasteiger partial charge is 0.337 e. The molecule has 1 amide bonds. The Hall–Kier alpha value is -3.85. The minimum Gasteiger partial charge on any atom is -0.494 e. The molecule has 3 aromatic rings. The number of hydrogen-bond acceptors (Lipinski definition) is 6. The molecule has 0 bridgehead atoms. The van der Waals surface area contributed by atoms with E-state index >= 15 is 0 Å². The number of hydrogen-bond donors (Lipinski definition) is 1. The molecular formula is C25H26N2O6S. The first-order chi connectivity index (χ1) is 16.3. The van der Waals surface area contributed by atoms with Crippen LogP contribution in [0.2, 0.25) is 0 Å². The summed E-state index contributed by atoms with van der Waals surface area (Å²) in [5.74, 6) is -0.561. The molecule has 0 spiro atoms. The first-order valence-electron chi connectivity index (χ1n) is 10.6. The topological polar surface area (TPSA) is 102 Å². The number of benzene rings is 3. The molecule has 8 nitrogen and oxygen atoms in total. The van der Waals surface area contributed by atoms with E-state index in [1.165, 1.54) is 25.3 Å². The summed E-state index contributed by atoms with van der Waals surface area (Å²) in [5.41, 5.74) is 1.71. The van der Waals surface area contributed by atoms with Gasteiger partial charge in [-0.25, -0.2) is 13.2 Å². The lowest BCUT2D eigenvalue weighted by atomic mass is 10.1. The van der Waals surface area contributed by atoms with Gasteiger partial charge in [-0.3, -0.25) is 9.10 Å². The van der Waals surface area contributed by atoms with Gasteiger partial charge in [0.15, 0.2) is 0 Å². The molecule has 0 saturated carbocycles. The van der Waals surface area contributed by atoms with Crippen molar-refractivity contribution in [2.75, 3.05) is 29.9 Å². The van der Waals surface area contributed by atoms with Gasteiger partial charge in [-0.2, -0.15) is 0 Å². The second-order valence-electron chi connectivity index (χ2n) is 7.32. The molecule has 0 aliphatic carbocycles. The van der Waals surface area contributed by atoms with Crippen molar-refractivity contribution in [3.63, 3.8) is 0 Å². The van der Waals surface area contributed by atoms with Crippen LogP contribution in [-0.4, -0.2) is 40.6 Å². The highest BCUT2D eigenvalue weighted by Crippen LogP contribution is 2.25. The Bertz CT molecular complexity index is 1260. The van der Waals surface area contributed by atoms with Crippen LogP contribution in [0.5, 0.6) is 5.75 Å². The second-order valence-corrected chi connectivity index (χ2v) is 9.18. The summed E-state index contributed by atoms with van der Waals surface area (Å²) in [6, 6.07) is 19.1. The maximum Gasteiger partial charge on any atom is 0.337 e. The van der Waals surface area contributed by atoms with E-state index in [0.717, 1.165) is 4.31 Å². The molecule has 0 saturated heterocycles. The molecule has 178 valence electrons. The summed E-state index contributed by atoms with van der Waals surface area (Å²) in [7, 11) is -2.80. The predicted molar refractivity (Wildman–Crippen MR) is 130 cm³/mol. The fraction of sp³-hybridized carbons (Fsp3) is 0.200. The van der Waals surface area contributed by atoms with Gasteiger partial charge in [-0.05, 0) is 67.9 Å². The van der Waals surface area contributed by atoms with Crippen LogP contribution >= 0.6 is 0 Å². The van der Waals surface area contributed by atoms with Crippen molar-refractivity contribution < 1.29 is 27.5 Å². The number of methoxy groups -OCH3 is 1. The summed E-state index contributed by atoms with van der Waals surface area (Å²) < 4.78 is 38.1. The van der Waals surface area contributed by atoms with Gasteiger partial charge in [0.1, 0.15) is 12.3 Å². The zero-order valence-corrected chi connectivity index (χ0v) is 20.0. The van der Waals surface area contributed by atoms with Gasteiger partial charge in [-0.1, -0.05) is 24.3 Å². The third-order valence-electron chi connectivity index (χ3n) is 4.99. The van der Waals surface area contributed by atoms with Crippen molar-refractivity contribution in [3.05, 3.63) is 83.9 Å². The average Bonchev–Trinajstić information content (AvgIpc) is 2.84. The highest BCUT2D eigenvalue weighted by Gasteiger charge is 2.27. The number of rotatable bonds is 9. The standard InChI is InChI=1S/C25H26N2O6S/c1-4-33-21-12-14-22(15-13-21)34(30,31)27(20-8-6-5-7-9-20)17-24(28)26-23-16-19(25(29)32-3)11-10-18(23)2/h5-16H,4,17H2,1-3H3,(H,26,28). The lowest BCUT2D eigenvalue weighted by Gasteiger charge is -2.24. The number of nitrogens with one attached hydrogen (secondary N) is 1. The molecule has 34 heavy (non-hydrogen) atoms. The SMILES string of the molecule is CCOc1ccc(S(=O)(=O)N(CC(=O)Nc2cc(C(=O)OC)ccc2C)c2ccccc2)cc1. The van der Waals surface area contributed by atoms with Crippen LogP contribution < -0.4 is 14.4 Å². The number of para-hydroxylation sites is 1. The highest BCUT2D eigenvalue weighted by atomic mass is 32.2. The maximum absolute atomic E-state index is 13.5. The minimum atomic E-state index is -4.07. The normalized spacial score (nSPS) is 10.9. The molecule has 0 aromatic heterocycles.